The molecule has 146 valence electrons. The Morgan fingerprint density at radius 2 is 1.93 bits per heavy atom. The summed E-state index contributed by atoms with van der Waals surface area (Å²) in [5.74, 6) is -0.159. The quantitative estimate of drug-likeness (QED) is 0.571. The van der Waals surface area contributed by atoms with Gasteiger partial charge < -0.3 is 5.32 Å². The lowest BCUT2D eigenvalue weighted by atomic mass is 10.1. The number of hydrogen-bond donors (Lipinski definition) is 2. The number of rotatable bonds is 7. The fraction of sp³-hybridized carbons (Fsp3) is 0.286. The minimum atomic E-state index is -0.109. The van der Waals surface area contributed by atoms with Gasteiger partial charge in [0.25, 0.3) is 5.91 Å². The SMILES string of the molecule is CCCc1cc(C(=O)Nc2nc(-c3ccc(CNC(C)=O)cc3)cs2)sc1C. The lowest BCUT2D eigenvalue weighted by Gasteiger charge is -2.03. The molecule has 3 rings (SSSR count). The van der Waals surface area contributed by atoms with Crippen molar-refractivity contribution < 1.29 is 9.59 Å². The van der Waals surface area contributed by atoms with Crippen molar-refractivity contribution in [1.82, 2.24) is 10.3 Å². The molecule has 0 fully saturated rings. The molecule has 0 unspecified atom stereocenters. The van der Waals surface area contributed by atoms with E-state index in [-0.39, 0.29) is 11.8 Å². The van der Waals surface area contributed by atoms with Crippen LogP contribution in [-0.2, 0) is 17.8 Å². The van der Waals surface area contributed by atoms with Crippen molar-refractivity contribution in [1.29, 1.82) is 0 Å². The van der Waals surface area contributed by atoms with Gasteiger partial charge in [-0.1, -0.05) is 37.6 Å². The van der Waals surface area contributed by atoms with Crippen LogP contribution in [0.25, 0.3) is 11.3 Å². The smallest absolute Gasteiger partial charge is 0.267 e. The van der Waals surface area contributed by atoms with Gasteiger partial charge in [0, 0.05) is 29.3 Å². The number of nitrogens with zero attached hydrogens (tertiary/aromatic N) is 1. The molecule has 28 heavy (non-hydrogen) atoms. The molecule has 0 aliphatic rings. The Bertz CT molecular complexity index is 974. The molecule has 7 heteroatoms. The lowest BCUT2D eigenvalue weighted by molar-refractivity contribution is -0.119. The van der Waals surface area contributed by atoms with Crippen molar-refractivity contribution in [3.8, 4) is 11.3 Å². The summed E-state index contributed by atoms with van der Waals surface area (Å²) < 4.78 is 0. The molecule has 2 heterocycles. The van der Waals surface area contributed by atoms with E-state index in [2.05, 4.69) is 29.5 Å². The van der Waals surface area contributed by atoms with Gasteiger partial charge in [0.1, 0.15) is 0 Å². The molecule has 1 aromatic carbocycles. The van der Waals surface area contributed by atoms with E-state index in [0.717, 1.165) is 34.5 Å². The van der Waals surface area contributed by atoms with E-state index in [1.54, 1.807) is 0 Å². The van der Waals surface area contributed by atoms with Gasteiger partial charge in [-0.3, -0.25) is 14.9 Å². The highest BCUT2D eigenvalue weighted by Gasteiger charge is 2.14. The van der Waals surface area contributed by atoms with Crippen LogP contribution < -0.4 is 10.6 Å². The monoisotopic (exact) mass is 413 g/mol. The second kappa shape index (κ2) is 9.12. The van der Waals surface area contributed by atoms with Gasteiger partial charge in [0.05, 0.1) is 10.6 Å². The van der Waals surface area contributed by atoms with Crippen molar-refractivity contribution >= 4 is 39.6 Å². The van der Waals surface area contributed by atoms with Crippen LogP contribution in [0.1, 0.15) is 45.9 Å². The van der Waals surface area contributed by atoms with Gasteiger partial charge in [-0.2, -0.15) is 0 Å². The molecule has 5 nitrogen and oxygen atoms in total. The number of amides is 2. The zero-order valence-electron chi connectivity index (χ0n) is 16.2. The highest BCUT2D eigenvalue weighted by molar-refractivity contribution is 7.15. The number of nitrogens with one attached hydrogen (secondary N) is 2. The van der Waals surface area contributed by atoms with Gasteiger partial charge in [-0.25, -0.2) is 4.98 Å². The molecule has 0 aliphatic carbocycles. The summed E-state index contributed by atoms with van der Waals surface area (Å²) in [5, 5.41) is 8.20. The van der Waals surface area contributed by atoms with Gasteiger partial charge in [-0.05, 0) is 30.5 Å². The third-order valence-corrected chi connectivity index (χ3v) is 6.13. The maximum Gasteiger partial charge on any atom is 0.267 e. The Kier molecular flexibility index (Phi) is 6.59. The molecular weight excluding hydrogens is 390 g/mol. The minimum Gasteiger partial charge on any atom is -0.352 e. The minimum absolute atomic E-state index is 0.0493. The van der Waals surface area contributed by atoms with Crippen LogP contribution in [0.15, 0.2) is 35.7 Å². The summed E-state index contributed by atoms with van der Waals surface area (Å²) in [4.78, 5) is 30.0. The van der Waals surface area contributed by atoms with Crippen LogP contribution in [0.2, 0.25) is 0 Å². The Hall–Kier alpha value is -2.51. The van der Waals surface area contributed by atoms with Crippen LogP contribution in [-0.4, -0.2) is 16.8 Å². The molecule has 0 aliphatic heterocycles. The molecular formula is C21H23N3O2S2. The summed E-state index contributed by atoms with van der Waals surface area (Å²) in [5.41, 5.74) is 4.07. The molecule has 0 atom stereocenters. The average molecular weight is 414 g/mol. The molecule has 2 aromatic heterocycles. The summed E-state index contributed by atoms with van der Waals surface area (Å²) in [6.07, 6.45) is 2.06. The van der Waals surface area contributed by atoms with Crippen molar-refractivity contribution in [2.75, 3.05) is 5.32 Å². The molecule has 0 radical (unpaired) electrons. The van der Waals surface area contributed by atoms with Crippen LogP contribution in [0.4, 0.5) is 5.13 Å². The second-order valence-corrected chi connectivity index (χ2v) is 8.66. The largest absolute Gasteiger partial charge is 0.352 e. The highest BCUT2D eigenvalue weighted by Crippen LogP contribution is 2.27. The van der Waals surface area contributed by atoms with E-state index >= 15 is 0 Å². The average Bonchev–Trinajstić information content (AvgIpc) is 3.28. The molecule has 3 aromatic rings. The predicted molar refractivity (Wildman–Crippen MR) is 116 cm³/mol. The summed E-state index contributed by atoms with van der Waals surface area (Å²) in [6.45, 7) is 6.21. The fourth-order valence-electron chi connectivity index (χ4n) is 2.79. The zero-order chi connectivity index (χ0) is 20.1. The fourth-order valence-corrected chi connectivity index (χ4v) is 4.47. The number of aryl methyl sites for hydroxylation is 2. The van der Waals surface area contributed by atoms with E-state index in [1.807, 2.05) is 35.7 Å². The molecule has 0 bridgehead atoms. The Labute approximate surface area is 172 Å². The van der Waals surface area contributed by atoms with E-state index < -0.39 is 0 Å². The molecule has 2 amide bonds. The normalized spacial score (nSPS) is 10.7. The van der Waals surface area contributed by atoms with Crippen molar-refractivity contribution in [3.05, 3.63) is 56.6 Å². The number of hydrogen-bond acceptors (Lipinski definition) is 5. The molecule has 2 N–H and O–H groups in total. The molecule has 0 saturated carbocycles. The number of carbonyl (C=O) groups is 2. The van der Waals surface area contributed by atoms with Gasteiger partial charge in [0.15, 0.2) is 5.13 Å². The first-order valence-corrected chi connectivity index (χ1v) is 10.9. The standard InChI is InChI=1S/C21H23N3O2S2/c1-4-5-17-10-19(28-13(17)2)20(26)24-21-23-18(12-27-21)16-8-6-15(7-9-16)11-22-14(3)25/h6-10,12H,4-5,11H2,1-3H3,(H,22,25)(H,23,24,26). The number of thiophene rings is 1. The number of carbonyl (C=O) groups excluding carboxylic acids is 2. The topological polar surface area (TPSA) is 71.1 Å². The van der Waals surface area contributed by atoms with Crippen LogP contribution in [0.5, 0.6) is 0 Å². The van der Waals surface area contributed by atoms with Crippen molar-refractivity contribution in [2.24, 2.45) is 0 Å². The summed E-state index contributed by atoms with van der Waals surface area (Å²) in [7, 11) is 0. The first-order valence-electron chi connectivity index (χ1n) is 9.16. The maximum absolute atomic E-state index is 12.5. The van der Waals surface area contributed by atoms with E-state index in [9.17, 15) is 9.59 Å². The van der Waals surface area contributed by atoms with Crippen molar-refractivity contribution in [2.45, 2.75) is 40.2 Å². The number of thiazole rings is 1. The first kappa shape index (κ1) is 20.2. The Balaban J connectivity index is 1.66. The zero-order valence-corrected chi connectivity index (χ0v) is 17.8. The Morgan fingerprint density at radius 3 is 2.61 bits per heavy atom. The first-order chi connectivity index (χ1) is 13.5. The van der Waals surface area contributed by atoms with E-state index in [1.165, 1.54) is 40.0 Å². The number of aromatic nitrogens is 1. The van der Waals surface area contributed by atoms with Crippen LogP contribution >= 0.6 is 22.7 Å². The Morgan fingerprint density at radius 1 is 1.18 bits per heavy atom. The predicted octanol–water partition coefficient (Wildman–Crippen LogP) is 5.02. The number of benzene rings is 1. The maximum atomic E-state index is 12.5. The van der Waals surface area contributed by atoms with E-state index in [4.69, 9.17) is 0 Å². The summed E-state index contributed by atoms with van der Waals surface area (Å²) >= 11 is 2.94. The summed E-state index contributed by atoms with van der Waals surface area (Å²) in [6, 6.07) is 9.86. The third kappa shape index (κ3) is 5.05. The molecule has 0 spiro atoms. The number of anilines is 1. The highest BCUT2D eigenvalue weighted by atomic mass is 32.1. The van der Waals surface area contributed by atoms with Crippen LogP contribution in [0, 0.1) is 6.92 Å². The van der Waals surface area contributed by atoms with Gasteiger partial charge in [0.2, 0.25) is 5.91 Å². The van der Waals surface area contributed by atoms with Crippen molar-refractivity contribution in [3.63, 3.8) is 0 Å². The van der Waals surface area contributed by atoms with E-state index in [0.29, 0.717) is 11.7 Å². The third-order valence-electron chi connectivity index (χ3n) is 4.28. The van der Waals surface area contributed by atoms with Gasteiger partial charge >= 0.3 is 0 Å². The van der Waals surface area contributed by atoms with Crippen LogP contribution in [0.3, 0.4) is 0 Å². The molecule has 0 saturated heterocycles. The lowest BCUT2D eigenvalue weighted by Crippen LogP contribution is -2.18. The van der Waals surface area contributed by atoms with Gasteiger partial charge in [-0.15, -0.1) is 22.7 Å². The second-order valence-electron chi connectivity index (χ2n) is 6.54.